The summed E-state index contributed by atoms with van der Waals surface area (Å²) in [5, 5.41) is 10.7. The Hall–Kier alpha value is -3.84. The van der Waals surface area contributed by atoms with Gasteiger partial charge in [-0.15, -0.1) is 0 Å². The Morgan fingerprint density at radius 2 is 1.72 bits per heavy atom. The van der Waals surface area contributed by atoms with Gasteiger partial charge in [-0.25, -0.2) is 5.01 Å². The highest BCUT2D eigenvalue weighted by molar-refractivity contribution is 7.80. The quantitative estimate of drug-likeness (QED) is 0.442. The maximum atomic E-state index is 5.77. The first-order chi connectivity index (χ1) is 15.7. The van der Waals surface area contributed by atoms with E-state index in [4.69, 9.17) is 22.1 Å². The average Bonchev–Trinajstić information content (AvgIpc) is 3.30. The Kier molecular flexibility index (Phi) is 5.47. The Balaban J connectivity index is 1.50. The number of hydrogen-bond donors (Lipinski definition) is 1. The summed E-state index contributed by atoms with van der Waals surface area (Å²) in [4.78, 5) is 8.85. The van der Waals surface area contributed by atoms with Crippen LogP contribution in [0.5, 0.6) is 5.75 Å². The van der Waals surface area contributed by atoms with Gasteiger partial charge < -0.3 is 10.1 Å². The fourth-order valence-electron chi connectivity index (χ4n) is 3.80. The number of nitrogens with one attached hydrogen (secondary N) is 1. The lowest BCUT2D eigenvalue weighted by atomic mass is 9.98. The number of rotatable bonds is 4. The predicted molar refractivity (Wildman–Crippen MR) is 131 cm³/mol. The van der Waals surface area contributed by atoms with Crippen LogP contribution >= 0.6 is 12.2 Å². The Morgan fingerprint density at radius 3 is 2.47 bits per heavy atom. The molecule has 7 heteroatoms. The summed E-state index contributed by atoms with van der Waals surface area (Å²) in [7, 11) is 1.66. The molecule has 0 aliphatic carbocycles. The topological polar surface area (TPSA) is 62.6 Å². The van der Waals surface area contributed by atoms with Crippen LogP contribution in [0.25, 0.3) is 11.0 Å². The minimum atomic E-state index is -0.0535. The minimum Gasteiger partial charge on any atom is -0.497 e. The van der Waals surface area contributed by atoms with Crippen LogP contribution in [0.4, 0.5) is 5.69 Å². The van der Waals surface area contributed by atoms with Crippen molar-refractivity contribution in [3.63, 3.8) is 0 Å². The van der Waals surface area contributed by atoms with Crippen molar-refractivity contribution in [3.8, 4) is 5.75 Å². The zero-order valence-electron chi connectivity index (χ0n) is 17.5. The van der Waals surface area contributed by atoms with Crippen molar-refractivity contribution in [2.45, 2.75) is 12.5 Å². The molecule has 158 valence electrons. The van der Waals surface area contributed by atoms with E-state index in [-0.39, 0.29) is 6.04 Å². The number of fused-ring (bicyclic) bond motifs is 1. The monoisotopic (exact) mass is 439 g/mol. The zero-order valence-corrected chi connectivity index (χ0v) is 18.3. The van der Waals surface area contributed by atoms with Crippen molar-refractivity contribution in [3.05, 3.63) is 96.3 Å². The molecule has 0 bridgehead atoms. The normalized spacial score (nSPS) is 15.5. The molecule has 2 heterocycles. The maximum Gasteiger partial charge on any atom is 0.194 e. The highest BCUT2D eigenvalue weighted by atomic mass is 32.1. The first-order valence-corrected chi connectivity index (χ1v) is 10.7. The van der Waals surface area contributed by atoms with Crippen LogP contribution in [0.3, 0.4) is 0 Å². The number of hydrogen-bond acceptors (Lipinski definition) is 5. The second-order valence-electron chi connectivity index (χ2n) is 7.44. The standard InChI is InChI=1S/C25H21N5OS/c1-31-20-10-7-17(8-11-20)22-16-24(18-9-12-21-23(15-18)27-14-13-26-21)30(29-22)25(32)28-19-5-3-2-4-6-19/h2-15,24H,16H2,1H3,(H,28,32)/t24-/m1/s1. The third-order valence-corrected chi connectivity index (χ3v) is 5.73. The zero-order chi connectivity index (χ0) is 21.9. The van der Waals surface area contributed by atoms with Crippen molar-refractivity contribution in [1.82, 2.24) is 15.0 Å². The molecule has 3 aromatic carbocycles. The van der Waals surface area contributed by atoms with Gasteiger partial charge in [0.25, 0.3) is 0 Å². The Bertz CT molecular complexity index is 1290. The third kappa shape index (κ3) is 4.02. The first-order valence-electron chi connectivity index (χ1n) is 10.3. The molecule has 1 aromatic heterocycles. The summed E-state index contributed by atoms with van der Waals surface area (Å²) in [6.45, 7) is 0. The van der Waals surface area contributed by atoms with Gasteiger partial charge in [-0.05, 0) is 71.9 Å². The van der Waals surface area contributed by atoms with Gasteiger partial charge in [-0.3, -0.25) is 9.97 Å². The van der Waals surface area contributed by atoms with Crippen LogP contribution in [0.15, 0.2) is 90.3 Å². The van der Waals surface area contributed by atoms with E-state index >= 15 is 0 Å². The molecule has 4 aromatic rings. The molecule has 32 heavy (non-hydrogen) atoms. The van der Waals surface area contributed by atoms with Gasteiger partial charge in [0.1, 0.15) is 5.75 Å². The summed E-state index contributed by atoms with van der Waals surface area (Å²) >= 11 is 5.77. The first kappa shape index (κ1) is 20.1. The van der Waals surface area contributed by atoms with E-state index in [2.05, 4.69) is 27.4 Å². The SMILES string of the molecule is COc1ccc(C2=NN(C(=S)Nc3ccccc3)[C@@H](c3ccc4nccnc4c3)C2)cc1. The number of methoxy groups -OCH3 is 1. The lowest BCUT2D eigenvalue weighted by Crippen LogP contribution is -2.31. The fraction of sp³-hybridized carbons (Fsp3) is 0.120. The molecule has 1 atom stereocenters. The molecule has 0 saturated carbocycles. The number of anilines is 1. The van der Waals surface area contributed by atoms with E-state index < -0.39 is 0 Å². The van der Waals surface area contributed by atoms with Crippen LogP contribution in [0.2, 0.25) is 0 Å². The van der Waals surface area contributed by atoms with Crippen molar-refractivity contribution in [1.29, 1.82) is 0 Å². The molecule has 0 radical (unpaired) electrons. The molecule has 0 unspecified atom stereocenters. The maximum absolute atomic E-state index is 5.77. The van der Waals surface area contributed by atoms with Gasteiger partial charge in [-0.2, -0.15) is 5.10 Å². The molecule has 0 fully saturated rings. The predicted octanol–water partition coefficient (Wildman–Crippen LogP) is 5.19. The largest absolute Gasteiger partial charge is 0.497 e. The van der Waals surface area contributed by atoms with E-state index in [0.29, 0.717) is 11.5 Å². The van der Waals surface area contributed by atoms with Crippen LogP contribution < -0.4 is 10.1 Å². The van der Waals surface area contributed by atoms with Crippen LogP contribution in [-0.2, 0) is 0 Å². The second kappa shape index (κ2) is 8.72. The van der Waals surface area contributed by atoms with Gasteiger partial charge in [0, 0.05) is 24.5 Å². The minimum absolute atomic E-state index is 0.0535. The molecule has 0 amide bonds. The molecule has 0 saturated heterocycles. The molecular formula is C25H21N5OS. The van der Waals surface area contributed by atoms with Crippen LogP contribution in [0, 0.1) is 0 Å². The number of ether oxygens (including phenoxy) is 1. The molecule has 5 rings (SSSR count). The summed E-state index contributed by atoms with van der Waals surface area (Å²) in [5.41, 5.74) is 5.73. The molecule has 1 aliphatic rings. The third-order valence-electron chi connectivity index (χ3n) is 5.44. The van der Waals surface area contributed by atoms with E-state index in [1.54, 1.807) is 19.5 Å². The Morgan fingerprint density at radius 1 is 0.969 bits per heavy atom. The van der Waals surface area contributed by atoms with Crippen molar-refractivity contribution >= 4 is 39.8 Å². The van der Waals surface area contributed by atoms with Gasteiger partial charge >= 0.3 is 0 Å². The number of nitrogens with zero attached hydrogens (tertiary/aromatic N) is 4. The van der Waals surface area contributed by atoms with Crippen molar-refractivity contribution in [2.75, 3.05) is 12.4 Å². The summed E-state index contributed by atoms with van der Waals surface area (Å²) in [6, 6.07) is 23.9. The number of para-hydroxylation sites is 1. The summed E-state index contributed by atoms with van der Waals surface area (Å²) < 4.78 is 5.29. The lowest BCUT2D eigenvalue weighted by Gasteiger charge is -2.25. The Labute approximate surface area is 191 Å². The van der Waals surface area contributed by atoms with Gasteiger partial charge in [0.2, 0.25) is 0 Å². The van der Waals surface area contributed by atoms with Crippen LogP contribution in [0.1, 0.15) is 23.6 Å². The smallest absolute Gasteiger partial charge is 0.194 e. The number of benzene rings is 3. The number of thiocarbonyl (C=S) groups is 1. The van der Waals surface area contributed by atoms with Crippen molar-refractivity contribution in [2.24, 2.45) is 5.10 Å². The second-order valence-corrected chi connectivity index (χ2v) is 7.83. The highest BCUT2D eigenvalue weighted by Crippen LogP contribution is 2.34. The molecule has 0 spiro atoms. The highest BCUT2D eigenvalue weighted by Gasteiger charge is 2.31. The molecule has 1 aliphatic heterocycles. The molecule has 1 N–H and O–H groups in total. The van der Waals surface area contributed by atoms with Gasteiger partial charge in [0.05, 0.1) is 29.9 Å². The fourth-order valence-corrected chi connectivity index (χ4v) is 4.09. The summed E-state index contributed by atoms with van der Waals surface area (Å²) in [6.07, 6.45) is 4.13. The van der Waals surface area contributed by atoms with Crippen molar-refractivity contribution < 1.29 is 4.74 Å². The number of hydrazone groups is 1. The summed E-state index contributed by atoms with van der Waals surface area (Å²) in [5.74, 6) is 0.815. The van der Waals surface area contributed by atoms with E-state index in [1.807, 2.05) is 65.7 Å². The average molecular weight is 440 g/mol. The van der Waals surface area contributed by atoms with Crippen LogP contribution in [-0.4, -0.2) is 32.9 Å². The van der Waals surface area contributed by atoms with E-state index in [9.17, 15) is 0 Å². The van der Waals surface area contributed by atoms with Gasteiger partial charge in [0.15, 0.2) is 5.11 Å². The lowest BCUT2D eigenvalue weighted by molar-refractivity contribution is 0.376. The van der Waals surface area contributed by atoms with Gasteiger partial charge in [-0.1, -0.05) is 24.3 Å². The molecular weight excluding hydrogens is 418 g/mol. The van der Waals surface area contributed by atoms with E-state index in [1.165, 1.54) is 0 Å². The number of aromatic nitrogens is 2. The molecule has 6 nitrogen and oxygen atoms in total. The van der Waals surface area contributed by atoms with E-state index in [0.717, 1.165) is 39.3 Å².